The molecule has 6 nitrogen and oxygen atoms in total. The molecule has 4 rings (SSSR count). The molecule has 2 aromatic carbocycles. The third-order valence-electron chi connectivity index (χ3n) is 4.62. The zero-order valence-corrected chi connectivity index (χ0v) is 18.1. The van der Waals surface area contributed by atoms with E-state index in [2.05, 4.69) is 28.9 Å². The molecule has 0 atom stereocenters. The summed E-state index contributed by atoms with van der Waals surface area (Å²) in [4.78, 5) is 16.8. The Hall–Kier alpha value is -3.46. The molecule has 0 unspecified atom stereocenters. The van der Waals surface area contributed by atoms with Crippen molar-refractivity contribution >= 4 is 32.6 Å². The van der Waals surface area contributed by atoms with Gasteiger partial charge in [-0.05, 0) is 53.9 Å². The minimum Gasteiger partial charge on any atom is -0.486 e. The van der Waals surface area contributed by atoms with Crippen LogP contribution in [0.3, 0.4) is 0 Å². The average Bonchev–Trinajstić information content (AvgIpc) is 3.38. The van der Waals surface area contributed by atoms with Gasteiger partial charge < -0.3 is 13.9 Å². The Kier molecular flexibility index (Phi) is 6.36. The summed E-state index contributed by atoms with van der Waals surface area (Å²) in [6, 6.07) is 15.5. The normalized spacial score (nSPS) is 11.3. The van der Waals surface area contributed by atoms with E-state index in [4.69, 9.17) is 9.15 Å². The fourth-order valence-electron chi connectivity index (χ4n) is 2.97. The minimum atomic E-state index is -2.91. The molecule has 0 aliphatic heterocycles. The van der Waals surface area contributed by atoms with Crippen LogP contribution in [-0.4, -0.2) is 17.5 Å². The van der Waals surface area contributed by atoms with Crippen molar-refractivity contribution in [1.82, 2.24) is 4.98 Å². The number of nitrogens with zero attached hydrogens (tertiary/aromatic N) is 1. The predicted octanol–water partition coefficient (Wildman–Crippen LogP) is 6.45. The van der Waals surface area contributed by atoms with Gasteiger partial charge in [0.25, 0.3) is 5.91 Å². The molecule has 0 aliphatic carbocycles. The molecule has 2 heterocycles. The van der Waals surface area contributed by atoms with Gasteiger partial charge in [0.05, 0.1) is 10.2 Å². The number of carbonyl (C=O) groups is 1. The predicted molar refractivity (Wildman–Crippen MR) is 118 cm³/mol. The third-order valence-corrected chi connectivity index (χ3v) is 5.55. The summed E-state index contributed by atoms with van der Waals surface area (Å²) < 4.78 is 41.0. The number of rotatable bonds is 8. The highest BCUT2D eigenvalue weighted by Crippen LogP contribution is 2.30. The van der Waals surface area contributed by atoms with Crippen LogP contribution in [0, 0.1) is 0 Å². The number of aromatic nitrogens is 1. The first-order valence-electron chi connectivity index (χ1n) is 9.85. The molecular weight excluding hydrogens is 438 g/mol. The highest BCUT2D eigenvalue weighted by molar-refractivity contribution is 7.22. The maximum atomic E-state index is 12.5. The van der Waals surface area contributed by atoms with Crippen molar-refractivity contribution in [2.24, 2.45) is 0 Å². The van der Waals surface area contributed by atoms with Gasteiger partial charge in [0.1, 0.15) is 23.9 Å². The highest BCUT2D eigenvalue weighted by atomic mass is 32.1. The van der Waals surface area contributed by atoms with Gasteiger partial charge in [-0.1, -0.05) is 37.3 Å². The molecule has 0 radical (unpaired) electrons. The SMILES string of the molecule is CC(C)c1ccc(OCc2ccc(C(=O)Nc3nc4ccc(OC(F)F)cc4s3)o2)cc1. The molecule has 0 fully saturated rings. The Labute approximate surface area is 186 Å². The van der Waals surface area contributed by atoms with Crippen LogP contribution < -0.4 is 14.8 Å². The van der Waals surface area contributed by atoms with Crippen molar-refractivity contribution in [3.05, 3.63) is 71.7 Å². The largest absolute Gasteiger partial charge is 0.486 e. The summed E-state index contributed by atoms with van der Waals surface area (Å²) in [5, 5.41) is 2.97. The molecule has 166 valence electrons. The first kappa shape index (κ1) is 21.8. The van der Waals surface area contributed by atoms with Crippen LogP contribution in [0.2, 0.25) is 0 Å². The molecule has 0 aliphatic rings. The van der Waals surface area contributed by atoms with Crippen LogP contribution in [0.4, 0.5) is 13.9 Å². The highest BCUT2D eigenvalue weighted by Gasteiger charge is 2.15. The summed E-state index contributed by atoms with van der Waals surface area (Å²) in [5.41, 5.74) is 1.78. The average molecular weight is 458 g/mol. The maximum absolute atomic E-state index is 12.5. The standard InChI is InChI=1S/C23H20F2N2O4S/c1-13(2)14-3-5-15(6-4-14)29-12-17-8-10-19(30-17)21(28)27-23-26-18-9-7-16(31-22(24)25)11-20(18)32-23/h3-11,13,22H,12H2,1-2H3,(H,26,27,28). The summed E-state index contributed by atoms with van der Waals surface area (Å²) in [5.74, 6) is 1.32. The van der Waals surface area contributed by atoms with E-state index in [-0.39, 0.29) is 18.1 Å². The zero-order valence-electron chi connectivity index (χ0n) is 17.3. The molecule has 1 N–H and O–H groups in total. The number of benzene rings is 2. The number of halogens is 2. The van der Waals surface area contributed by atoms with Gasteiger partial charge in [-0.3, -0.25) is 10.1 Å². The fourth-order valence-corrected chi connectivity index (χ4v) is 3.86. The van der Waals surface area contributed by atoms with E-state index >= 15 is 0 Å². The Morgan fingerprint density at radius 3 is 2.56 bits per heavy atom. The van der Waals surface area contributed by atoms with E-state index in [0.717, 1.165) is 11.3 Å². The molecule has 0 saturated carbocycles. The van der Waals surface area contributed by atoms with E-state index in [1.165, 1.54) is 17.7 Å². The van der Waals surface area contributed by atoms with Gasteiger partial charge in [0, 0.05) is 0 Å². The molecule has 0 bridgehead atoms. The number of amides is 1. The third kappa shape index (κ3) is 5.23. The van der Waals surface area contributed by atoms with Crippen LogP contribution >= 0.6 is 11.3 Å². The monoisotopic (exact) mass is 458 g/mol. The number of furan rings is 1. The second kappa shape index (κ2) is 9.35. The van der Waals surface area contributed by atoms with Gasteiger partial charge in [0.15, 0.2) is 10.9 Å². The number of carbonyl (C=O) groups excluding carboxylic acids is 1. The molecule has 4 aromatic rings. The molecule has 2 aromatic heterocycles. The zero-order chi connectivity index (χ0) is 22.7. The summed E-state index contributed by atoms with van der Waals surface area (Å²) in [7, 11) is 0. The number of ether oxygens (including phenoxy) is 2. The van der Waals surface area contributed by atoms with Gasteiger partial charge in [-0.2, -0.15) is 8.78 Å². The molecule has 32 heavy (non-hydrogen) atoms. The van der Waals surface area contributed by atoms with E-state index in [9.17, 15) is 13.6 Å². The van der Waals surface area contributed by atoms with Crippen molar-refractivity contribution in [2.45, 2.75) is 33.0 Å². The Bertz CT molecular complexity index is 1220. The Morgan fingerprint density at radius 2 is 1.84 bits per heavy atom. The number of hydrogen-bond acceptors (Lipinski definition) is 6. The molecule has 9 heteroatoms. The first-order valence-corrected chi connectivity index (χ1v) is 10.7. The number of anilines is 1. The van der Waals surface area contributed by atoms with Crippen molar-refractivity contribution in [2.75, 3.05) is 5.32 Å². The van der Waals surface area contributed by atoms with Gasteiger partial charge in [0.2, 0.25) is 0 Å². The summed E-state index contributed by atoms with van der Waals surface area (Å²) in [6.07, 6.45) is 0. The Morgan fingerprint density at radius 1 is 1.09 bits per heavy atom. The molecular formula is C23H20F2N2O4S. The van der Waals surface area contributed by atoms with Crippen molar-refractivity contribution in [1.29, 1.82) is 0 Å². The van der Waals surface area contributed by atoms with Crippen molar-refractivity contribution in [3.8, 4) is 11.5 Å². The second-order valence-electron chi connectivity index (χ2n) is 7.26. The van der Waals surface area contributed by atoms with Gasteiger partial charge >= 0.3 is 6.61 Å². The fraction of sp³-hybridized carbons (Fsp3) is 0.217. The summed E-state index contributed by atoms with van der Waals surface area (Å²) >= 11 is 1.14. The first-order chi connectivity index (χ1) is 15.4. The smallest absolute Gasteiger partial charge is 0.387 e. The van der Waals surface area contributed by atoms with Crippen LogP contribution in [0.1, 0.15) is 41.6 Å². The lowest BCUT2D eigenvalue weighted by Crippen LogP contribution is -2.10. The van der Waals surface area contributed by atoms with Crippen LogP contribution in [0.25, 0.3) is 10.2 Å². The molecule has 0 saturated heterocycles. The van der Waals surface area contributed by atoms with Crippen LogP contribution in [0.5, 0.6) is 11.5 Å². The Balaban J connectivity index is 1.37. The van der Waals surface area contributed by atoms with E-state index < -0.39 is 12.5 Å². The van der Waals surface area contributed by atoms with Gasteiger partial charge in [-0.15, -0.1) is 0 Å². The lowest BCUT2D eigenvalue weighted by atomic mass is 10.0. The number of thiazole rings is 1. The van der Waals surface area contributed by atoms with E-state index in [0.29, 0.717) is 32.8 Å². The lowest BCUT2D eigenvalue weighted by Gasteiger charge is -2.07. The second-order valence-corrected chi connectivity index (χ2v) is 8.29. The summed E-state index contributed by atoms with van der Waals surface area (Å²) in [6.45, 7) is 1.52. The van der Waals surface area contributed by atoms with Crippen LogP contribution in [-0.2, 0) is 6.61 Å². The van der Waals surface area contributed by atoms with Gasteiger partial charge in [-0.25, -0.2) is 4.98 Å². The minimum absolute atomic E-state index is 0.0311. The van der Waals surface area contributed by atoms with Crippen LogP contribution in [0.15, 0.2) is 59.0 Å². The number of fused-ring (bicyclic) bond motifs is 1. The van der Waals surface area contributed by atoms with E-state index in [1.807, 2.05) is 24.3 Å². The number of nitrogens with one attached hydrogen (secondary N) is 1. The van der Waals surface area contributed by atoms with E-state index in [1.54, 1.807) is 18.2 Å². The van der Waals surface area contributed by atoms with Crippen molar-refractivity contribution in [3.63, 3.8) is 0 Å². The number of alkyl halides is 2. The molecule has 0 spiro atoms. The quantitative estimate of drug-likeness (QED) is 0.329. The maximum Gasteiger partial charge on any atom is 0.387 e. The van der Waals surface area contributed by atoms with Crippen molar-refractivity contribution < 1.29 is 27.5 Å². The number of hydrogen-bond donors (Lipinski definition) is 1. The lowest BCUT2D eigenvalue weighted by molar-refractivity contribution is -0.0497. The topological polar surface area (TPSA) is 73.6 Å². The molecule has 1 amide bonds.